The quantitative estimate of drug-likeness (QED) is 0.838. The Balaban J connectivity index is 2.04. The van der Waals surface area contributed by atoms with Gasteiger partial charge in [0.2, 0.25) is 0 Å². The van der Waals surface area contributed by atoms with Gasteiger partial charge >= 0.3 is 0 Å². The minimum absolute atomic E-state index is 0.0431. The molecule has 2 rings (SSSR count). The van der Waals surface area contributed by atoms with E-state index >= 15 is 0 Å². The number of aryl methyl sites for hydroxylation is 1. The number of carbonyl (C=O) groups excluding carboxylic acids is 1. The maximum atomic E-state index is 12.2. The molecule has 0 spiro atoms. The molecule has 2 N–H and O–H groups in total. The lowest BCUT2D eigenvalue weighted by Crippen LogP contribution is -2.32. The van der Waals surface area contributed by atoms with Gasteiger partial charge in [0.1, 0.15) is 0 Å². The number of rotatable bonds is 5. The van der Waals surface area contributed by atoms with Crippen molar-refractivity contribution in [2.24, 2.45) is 5.92 Å². The summed E-state index contributed by atoms with van der Waals surface area (Å²) in [5.74, 6) is 0.739. The van der Waals surface area contributed by atoms with Crippen LogP contribution in [0.5, 0.6) is 0 Å². The lowest BCUT2D eigenvalue weighted by atomic mass is 9.85. The summed E-state index contributed by atoms with van der Waals surface area (Å²) in [6.07, 6.45) is 3.83. The molecule has 0 unspecified atom stereocenters. The molecule has 0 aromatic heterocycles. The molecular formula is C15H22N2O. The maximum absolute atomic E-state index is 12.2. The van der Waals surface area contributed by atoms with Crippen LogP contribution in [0.3, 0.4) is 0 Å². The van der Waals surface area contributed by atoms with E-state index in [9.17, 15) is 4.79 Å². The number of anilines is 1. The molecule has 18 heavy (non-hydrogen) atoms. The van der Waals surface area contributed by atoms with Crippen molar-refractivity contribution in [3.05, 3.63) is 29.3 Å². The highest BCUT2D eigenvalue weighted by Crippen LogP contribution is 2.25. The Kier molecular flexibility index (Phi) is 4.24. The molecule has 3 nitrogen and oxygen atoms in total. The zero-order valence-electron chi connectivity index (χ0n) is 11.3. The average Bonchev–Trinajstić information content (AvgIpc) is 2.29. The molecule has 1 aliphatic carbocycles. The van der Waals surface area contributed by atoms with Gasteiger partial charge in [-0.15, -0.1) is 0 Å². The zero-order chi connectivity index (χ0) is 13.0. The highest BCUT2D eigenvalue weighted by atomic mass is 16.1. The third-order valence-electron chi connectivity index (χ3n) is 3.56. The first-order valence-electron chi connectivity index (χ1n) is 6.83. The van der Waals surface area contributed by atoms with Crippen molar-refractivity contribution >= 4 is 11.6 Å². The number of benzene rings is 1. The van der Waals surface area contributed by atoms with Crippen molar-refractivity contribution in [2.45, 2.75) is 33.1 Å². The second-order valence-electron chi connectivity index (χ2n) is 5.09. The van der Waals surface area contributed by atoms with Crippen LogP contribution in [0.1, 0.15) is 42.1 Å². The lowest BCUT2D eigenvalue weighted by molar-refractivity contribution is 0.0940. The van der Waals surface area contributed by atoms with E-state index < -0.39 is 0 Å². The second-order valence-corrected chi connectivity index (χ2v) is 5.09. The third kappa shape index (κ3) is 3.03. The zero-order valence-corrected chi connectivity index (χ0v) is 11.3. The number of nitrogens with one attached hydrogen (secondary N) is 2. The molecule has 0 saturated heterocycles. The molecule has 0 heterocycles. The van der Waals surface area contributed by atoms with Crippen LogP contribution in [0.4, 0.5) is 5.69 Å². The summed E-state index contributed by atoms with van der Waals surface area (Å²) in [7, 11) is 0. The molecule has 1 aliphatic rings. The predicted octanol–water partition coefficient (Wildman–Crippen LogP) is 2.96. The summed E-state index contributed by atoms with van der Waals surface area (Å²) in [5.41, 5.74) is 2.80. The van der Waals surface area contributed by atoms with Gasteiger partial charge in [0.15, 0.2) is 0 Å². The summed E-state index contributed by atoms with van der Waals surface area (Å²) >= 11 is 0. The van der Waals surface area contributed by atoms with Gasteiger partial charge in [-0.1, -0.05) is 18.1 Å². The fourth-order valence-electron chi connectivity index (χ4n) is 2.22. The van der Waals surface area contributed by atoms with Crippen LogP contribution in [0.25, 0.3) is 0 Å². The number of hydrogen-bond donors (Lipinski definition) is 2. The first-order chi connectivity index (χ1) is 8.70. The Morgan fingerprint density at radius 2 is 2.17 bits per heavy atom. The highest BCUT2D eigenvalue weighted by Gasteiger charge is 2.19. The van der Waals surface area contributed by atoms with E-state index in [0.717, 1.165) is 29.9 Å². The topological polar surface area (TPSA) is 41.1 Å². The van der Waals surface area contributed by atoms with E-state index in [1.807, 2.05) is 32.0 Å². The third-order valence-corrected chi connectivity index (χ3v) is 3.56. The Morgan fingerprint density at radius 3 is 2.78 bits per heavy atom. The first-order valence-corrected chi connectivity index (χ1v) is 6.83. The van der Waals surface area contributed by atoms with Crippen molar-refractivity contribution in [3.63, 3.8) is 0 Å². The molecule has 0 aliphatic heterocycles. The Hall–Kier alpha value is -1.51. The summed E-state index contributed by atoms with van der Waals surface area (Å²) < 4.78 is 0. The van der Waals surface area contributed by atoms with E-state index in [2.05, 4.69) is 10.6 Å². The minimum Gasteiger partial charge on any atom is -0.385 e. The molecule has 1 aromatic rings. The van der Waals surface area contributed by atoms with Crippen LogP contribution < -0.4 is 10.6 Å². The number of carbonyl (C=O) groups is 1. The molecular weight excluding hydrogens is 224 g/mol. The van der Waals surface area contributed by atoms with Gasteiger partial charge in [0.25, 0.3) is 5.91 Å². The van der Waals surface area contributed by atoms with Gasteiger partial charge in [-0.2, -0.15) is 0 Å². The van der Waals surface area contributed by atoms with E-state index in [-0.39, 0.29) is 5.91 Å². The normalized spacial score (nSPS) is 15.0. The van der Waals surface area contributed by atoms with Crippen molar-refractivity contribution in [1.29, 1.82) is 0 Å². The standard InChI is InChI=1S/C15H22N2O/c1-3-16-14-8-7-11(2)9-13(14)15(18)17-10-12-5-4-6-12/h7-9,12,16H,3-6,10H2,1-2H3,(H,17,18). The SMILES string of the molecule is CCNc1ccc(C)cc1C(=O)NCC1CCC1. The second kappa shape index (κ2) is 5.89. The summed E-state index contributed by atoms with van der Waals surface area (Å²) in [5, 5.41) is 6.29. The first kappa shape index (κ1) is 12.9. The Bertz CT molecular complexity index is 425. The van der Waals surface area contributed by atoms with Gasteiger partial charge in [-0.05, 0) is 44.7 Å². The largest absolute Gasteiger partial charge is 0.385 e. The summed E-state index contributed by atoms with van der Waals surface area (Å²) in [4.78, 5) is 12.2. The van der Waals surface area contributed by atoms with Crippen molar-refractivity contribution in [3.8, 4) is 0 Å². The van der Waals surface area contributed by atoms with Crippen LogP contribution in [0, 0.1) is 12.8 Å². The van der Waals surface area contributed by atoms with E-state index in [0.29, 0.717) is 5.92 Å². The van der Waals surface area contributed by atoms with E-state index in [4.69, 9.17) is 0 Å². The molecule has 1 aromatic carbocycles. The molecule has 98 valence electrons. The van der Waals surface area contributed by atoms with E-state index in [1.54, 1.807) is 0 Å². The molecule has 0 bridgehead atoms. The van der Waals surface area contributed by atoms with Crippen molar-refractivity contribution in [2.75, 3.05) is 18.4 Å². The van der Waals surface area contributed by atoms with Crippen LogP contribution in [0.2, 0.25) is 0 Å². The fourth-order valence-corrected chi connectivity index (χ4v) is 2.22. The molecule has 3 heteroatoms. The number of hydrogen-bond acceptors (Lipinski definition) is 2. The summed E-state index contributed by atoms with van der Waals surface area (Å²) in [6, 6.07) is 5.96. The predicted molar refractivity (Wildman–Crippen MR) is 75.0 cm³/mol. The van der Waals surface area contributed by atoms with Gasteiger partial charge in [0, 0.05) is 18.8 Å². The minimum atomic E-state index is 0.0431. The summed E-state index contributed by atoms with van der Waals surface area (Å²) in [6.45, 7) is 5.69. The maximum Gasteiger partial charge on any atom is 0.253 e. The van der Waals surface area contributed by atoms with E-state index in [1.165, 1.54) is 19.3 Å². The Labute approximate surface area is 109 Å². The molecule has 1 saturated carbocycles. The van der Waals surface area contributed by atoms with Crippen LogP contribution >= 0.6 is 0 Å². The van der Waals surface area contributed by atoms with Gasteiger partial charge in [-0.25, -0.2) is 0 Å². The van der Waals surface area contributed by atoms with Crippen molar-refractivity contribution < 1.29 is 4.79 Å². The highest BCUT2D eigenvalue weighted by molar-refractivity contribution is 5.99. The lowest BCUT2D eigenvalue weighted by Gasteiger charge is -2.25. The van der Waals surface area contributed by atoms with Gasteiger partial charge in [-0.3, -0.25) is 4.79 Å². The molecule has 0 atom stereocenters. The number of amides is 1. The molecule has 1 amide bonds. The smallest absolute Gasteiger partial charge is 0.253 e. The Morgan fingerprint density at radius 1 is 1.39 bits per heavy atom. The van der Waals surface area contributed by atoms with Gasteiger partial charge in [0.05, 0.1) is 5.56 Å². The van der Waals surface area contributed by atoms with Gasteiger partial charge < -0.3 is 10.6 Å². The molecule has 1 fully saturated rings. The van der Waals surface area contributed by atoms with Crippen LogP contribution in [-0.2, 0) is 0 Å². The van der Waals surface area contributed by atoms with Crippen molar-refractivity contribution in [1.82, 2.24) is 5.32 Å². The monoisotopic (exact) mass is 246 g/mol. The van der Waals surface area contributed by atoms with Crippen LogP contribution in [-0.4, -0.2) is 19.0 Å². The fraction of sp³-hybridized carbons (Fsp3) is 0.533. The average molecular weight is 246 g/mol. The molecule has 0 radical (unpaired) electrons. The van der Waals surface area contributed by atoms with Crippen LogP contribution in [0.15, 0.2) is 18.2 Å².